The molecule has 1 saturated heterocycles. The van der Waals surface area contributed by atoms with Crippen LogP contribution in [-0.2, 0) is 0 Å². The van der Waals surface area contributed by atoms with Gasteiger partial charge in [0.2, 0.25) is 0 Å². The van der Waals surface area contributed by atoms with E-state index in [1.54, 1.807) is 0 Å². The third kappa shape index (κ3) is 2.98. The van der Waals surface area contributed by atoms with Gasteiger partial charge in [-0.1, -0.05) is 41.4 Å². The van der Waals surface area contributed by atoms with Gasteiger partial charge in [-0.3, -0.25) is 4.99 Å². The van der Waals surface area contributed by atoms with Crippen LogP contribution in [0.5, 0.6) is 0 Å². The maximum absolute atomic E-state index is 6.08. The van der Waals surface area contributed by atoms with E-state index in [4.69, 9.17) is 16.6 Å². The predicted molar refractivity (Wildman–Crippen MR) is 110 cm³/mol. The third-order valence-corrected chi connectivity index (χ3v) is 5.41. The van der Waals surface area contributed by atoms with Crippen molar-refractivity contribution in [3.63, 3.8) is 0 Å². The highest BCUT2D eigenvalue weighted by Crippen LogP contribution is 2.33. The Morgan fingerprint density at radius 3 is 2.74 bits per heavy atom. The Balaban J connectivity index is 1.39. The average Bonchev–Trinajstić information content (AvgIpc) is 3.04. The summed E-state index contributed by atoms with van der Waals surface area (Å²) < 4.78 is 0. The molecule has 6 heteroatoms. The zero-order chi connectivity index (χ0) is 18.4. The molecule has 136 valence electrons. The average molecular weight is 378 g/mol. The van der Waals surface area contributed by atoms with Gasteiger partial charge >= 0.3 is 0 Å². The molecule has 0 aliphatic carbocycles. The fourth-order valence-corrected chi connectivity index (χ4v) is 3.81. The Hall–Kier alpha value is -2.79. The molecule has 3 aromatic rings. The molecule has 0 amide bonds. The van der Waals surface area contributed by atoms with Gasteiger partial charge in [0, 0.05) is 29.9 Å². The van der Waals surface area contributed by atoms with Gasteiger partial charge < -0.3 is 15.2 Å². The number of hydrogen-bond donors (Lipinski definition) is 2. The predicted octanol–water partition coefficient (Wildman–Crippen LogP) is 3.92. The van der Waals surface area contributed by atoms with Crippen LogP contribution in [-0.4, -0.2) is 40.7 Å². The number of rotatable bonds is 3. The summed E-state index contributed by atoms with van der Waals surface area (Å²) >= 11 is 6.08. The Morgan fingerprint density at radius 1 is 1.11 bits per heavy atom. The number of aromatic nitrogens is 2. The third-order valence-electron chi connectivity index (χ3n) is 5.18. The molecule has 3 heterocycles. The number of H-pyrrole nitrogens is 1. The highest BCUT2D eigenvalue weighted by Gasteiger charge is 2.34. The number of aliphatic imine (C=N–C) groups is 1. The van der Waals surface area contributed by atoms with E-state index in [-0.39, 0.29) is 0 Å². The van der Waals surface area contributed by atoms with E-state index in [9.17, 15) is 0 Å². The van der Waals surface area contributed by atoms with Crippen molar-refractivity contribution in [1.29, 1.82) is 0 Å². The largest absolute Gasteiger partial charge is 0.365 e. The summed E-state index contributed by atoms with van der Waals surface area (Å²) in [6, 6.07) is 14.3. The number of fused-ring (bicyclic) bond motifs is 1. The molecule has 1 aromatic heterocycles. The molecule has 5 nitrogen and oxygen atoms in total. The number of nitrogens with one attached hydrogen (secondary N) is 2. The summed E-state index contributed by atoms with van der Waals surface area (Å²) in [4.78, 5) is 15.2. The highest BCUT2D eigenvalue weighted by atomic mass is 35.5. The van der Waals surface area contributed by atoms with Gasteiger partial charge in [-0.15, -0.1) is 0 Å². The van der Waals surface area contributed by atoms with Gasteiger partial charge in [-0.2, -0.15) is 0 Å². The van der Waals surface area contributed by atoms with Crippen molar-refractivity contribution in [1.82, 2.24) is 20.2 Å². The van der Waals surface area contributed by atoms with Crippen LogP contribution in [0.15, 0.2) is 53.3 Å². The van der Waals surface area contributed by atoms with E-state index in [2.05, 4.69) is 51.4 Å². The van der Waals surface area contributed by atoms with Gasteiger partial charge in [0.1, 0.15) is 17.3 Å². The number of hydrogen-bond acceptors (Lipinski definition) is 4. The molecule has 2 aromatic carbocycles. The summed E-state index contributed by atoms with van der Waals surface area (Å²) in [5, 5.41) is 4.23. The first kappa shape index (κ1) is 16.4. The topological polar surface area (TPSA) is 56.3 Å². The van der Waals surface area contributed by atoms with E-state index in [0.717, 1.165) is 58.6 Å². The molecule has 2 N–H and O–H groups in total. The maximum atomic E-state index is 6.08. The molecule has 27 heavy (non-hydrogen) atoms. The number of aromatic amines is 1. The number of likely N-dealkylation sites (tertiary alicyclic amines) is 1. The second kappa shape index (κ2) is 6.43. The summed E-state index contributed by atoms with van der Waals surface area (Å²) in [5.41, 5.74) is 5.36. The number of imidazole rings is 1. The van der Waals surface area contributed by atoms with E-state index >= 15 is 0 Å². The number of benzene rings is 2. The van der Waals surface area contributed by atoms with Crippen LogP contribution in [0.1, 0.15) is 22.9 Å². The quantitative estimate of drug-likeness (QED) is 0.727. The molecule has 0 unspecified atom stereocenters. The fourth-order valence-electron chi connectivity index (χ4n) is 3.64. The second-order valence-electron chi connectivity index (χ2n) is 7.14. The molecular formula is C21H20ClN5. The van der Waals surface area contributed by atoms with Crippen LogP contribution in [0.4, 0.5) is 0 Å². The molecule has 0 atom stereocenters. The number of nitrogens with zero attached hydrogens (tertiary/aromatic N) is 3. The van der Waals surface area contributed by atoms with Gasteiger partial charge in [0.05, 0.1) is 23.5 Å². The van der Waals surface area contributed by atoms with Crippen molar-refractivity contribution in [2.45, 2.75) is 12.8 Å². The van der Waals surface area contributed by atoms with Gasteiger partial charge in [0.15, 0.2) is 0 Å². The van der Waals surface area contributed by atoms with Crippen LogP contribution in [0, 0.1) is 6.92 Å². The van der Waals surface area contributed by atoms with Gasteiger partial charge in [-0.05, 0) is 25.1 Å². The summed E-state index contributed by atoms with van der Waals surface area (Å²) in [6.07, 6.45) is 1.93. The van der Waals surface area contributed by atoms with E-state index in [0.29, 0.717) is 5.92 Å². The Bertz CT molecular complexity index is 1060. The van der Waals surface area contributed by atoms with Crippen molar-refractivity contribution in [2.24, 2.45) is 4.99 Å². The van der Waals surface area contributed by atoms with Crippen LogP contribution in [0.25, 0.3) is 16.7 Å². The fraction of sp³-hybridized carbons (Fsp3) is 0.238. The molecule has 0 bridgehead atoms. The van der Waals surface area contributed by atoms with Crippen molar-refractivity contribution >= 4 is 34.5 Å². The molecule has 0 radical (unpaired) electrons. The van der Waals surface area contributed by atoms with Gasteiger partial charge in [-0.25, -0.2) is 4.98 Å². The van der Waals surface area contributed by atoms with Crippen LogP contribution < -0.4 is 5.32 Å². The van der Waals surface area contributed by atoms with Crippen LogP contribution in [0.2, 0.25) is 5.02 Å². The normalized spacial score (nSPS) is 17.3. The summed E-state index contributed by atoms with van der Waals surface area (Å²) in [7, 11) is 0. The smallest absolute Gasteiger partial charge is 0.129 e. The number of aryl methyl sites for hydroxylation is 1. The van der Waals surface area contributed by atoms with Crippen molar-refractivity contribution in [3.05, 3.63) is 70.3 Å². The van der Waals surface area contributed by atoms with Gasteiger partial charge in [0.25, 0.3) is 0 Å². The lowest BCUT2D eigenvalue weighted by Gasteiger charge is -2.42. The highest BCUT2D eigenvalue weighted by molar-refractivity contribution is 6.31. The van der Waals surface area contributed by atoms with Crippen molar-refractivity contribution < 1.29 is 0 Å². The lowest BCUT2D eigenvalue weighted by Crippen LogP contribution is -2.49. The molecule has 0 saturated carbocycles. The molecule has 2 aliphatic rings. The SMILES string of the molecule is Cc1ccc(C2=C(N3CC(c4nc5ccc(Cl)cc5[nH]4)C3)NCC=N2)cc1. The molecule has 2 aliphatic heterocycles. The van der Waals surface area contributed by atoms with Crippen molar-refractivity contribution in [3.8, 4) is 0 Å². The molecular weight excluding hydrogens is 358 g/mol. The first-order valence-electron chi connectivity index (χ1n) is 9.15. The zero-order valence-corrected chi connectivity index (χ0v) is 15.8. The van der Waals surface area contributed by atoms with E-state index in [1.807, 2.05) is 24.4 Å². The first-order chi connectivity index (χ1) is 13.2. The minimum atomic E-state index is 0.385. The molecule has 0 spiro atoms. The molecule has 5 rings (SSSR count). The summed E-state index contributed by atoms with van der Waals surface area (Å²) in [5.74, 6) is 2.52. The van der Waals surface area contributed by atoms with Crippen LogP contribution >= 0.6 is 11.6 Å². The standard InChI is InChI=1S/C21H20ClN5/c1-13-2-4-14(5-3-13)19-21(24-9-8-23-19)27-11-15(12-27)20-25-17-7-6-16(22)10-18(17)26-20/h2-8,10,15,24H,9,11-12H2,1H3,(H,25,26). The second-order valence-corrected chi connectivity index (χ2v) is 7.58. The molecule has 1 fully saturated rings. The van der Waals surface area contributed by atoms with E-state index in [1.165, 1.54) is 5.56 Å². The monoisotopic (exact) mass is 377 g/mol. The Labute approximate surface area is 162 Å². The number of halogens is 1. The minimum Gasteiger partial charge on any atom is -0.365 e. The van der Waals surface area contributed by atoms with E-state index < -0.39 is 0 Å². The van der Waals surface area contributed by atoms with Crippen molar-refractivity contribution in [2.75, 3.05) is 19.6 Å². The Morgan fingerprint density at radius 2 is 1.93 bits per heavy atom. The maximum Gasteiger partial charge on any atom is 0.129 e. The lowest BCUT2D eigenvalue weighted by molar-refractivity contribution is 0.182. The minimum absolute atomic E-state index is 0.385. The first-order valence-corrected chi connectivity index (χ1v) is 9.53. The Kier molecular flexibility index (Phi) is 3.90. The zero-order valence-electron chi connectivity index (χ0n) is 15.0. The summed E-state index contributed by atoms with van der Waals surface area (Å²) in [6.45, 7) is 4.69. The lowest BCUT2D eigenvalue weighted by atomic mass is 9.98. The van der Waals surface area contributed by atoms with Crippen LogP contribution in [0.3, 0.4) is 0 Å².